The average Bonchev–Trinajstić information content (AvgIpc) is 2.58. The summed E-state index contributed by atoms with van der Waals surface area (Å²) in [6.07, 6.45) is 9.70. The molecule has 1 aliphatic carbocycles. The Morgan fingerprint density at radius 2 is 2.42 bits per heavy atom. The maximum atomic E-state index is 5.07. The Bertz CT molecular complexity index is 171. The van der Waals surface area contributed by atoms with Gasteiger partial charge in [0, 0.05) is 5.88 Å². The zero-order valence-electron chi connectivity index (χ0n) is 7.52. The van der Waals surface area contributed by atoms with Crippen LogP contribution in [0, 0.1) is 0 Å². The molecule has 2 heteroatoms. The summed E-state index contributed by atoms with van der Waals surface area (Å²) in [6.45, 7) is 5.66. The van der Waals surface area contributed by atoms with Crippen LogP contribution in [0.5, 0.6) is 0 Å². The Hall–Kier alpha value is 0.380. The maximum absolute atomic E-state index is 5.07. The fourth-order valence-electron chi connectivity index (χ4n) is 0.805. The molecule has 0 aromatic rings. The number of rotatable bonds is 3. The molecule has 12 heavy (non-hydrogen) atoms. The first-order chi connectivity index (χ1) is 5.85. The van der Waals surface area contributed by atoms with Gasteiger partial charge in [-0.05, 0) is 0 Å². The molecule has 0 radical (unpaired) electrons. The molecule has 1 aliphatic rings. The van der Waals surface area contributed by atoms with Crippen LogP contribution in [-0.4, -0.2) is 5.88 Å². The van der Waals surface area contributed by atoms with Crippen LogP contribution in [0.15, 0.2) is 34.2 Å². The van der Waals surface area contributed by atoms with E-state index in [1.54, 1.807) is 9.41 Å². The van der Waals surface area contributed by atoms with E-state index in [4.69, 9.17) is 11.6 Å². The Morgan fingerprint density at radius 1 is 1.75 bits per heavy atom. The number of alkyl halides is 1. The summed E-state index contributed by atoms with van der Waals surface area (Å²) in [5.74, 6) is 0.556. The van der Waals surface area contributed by atoms with Gasteiger partial charge in [-0.3, -0.25) is 0 Å². The second kappa shape index (κ2) is 9.47. The molecule has 0 amide bonds. The molecule has 0 aliphatic heterocycles. The fraction of sp³-hybridized carbons (Fsp3) is 0.400. The van der Waals surface area contributed by atoms with E-state index in [0.717, 1.165) is 0 Å². The van der Waals surface area contributed by atoms with Crippen molar-refractivity contribution >= 4 is 11.6 Å². The van der Waals surface area contributed by atoms with Gasteiger partial charge in [-0.15, -0.1) is 18.2 Å². The number of allylic oxidation sites excluding steroid dienone is 5. The van der Waals surface area contributed by atoms with Crippen molar-refractivity contribution in [2.24, 2.45) is 0 Å². The van der Waals surface area contributed by atoms with E-state index in [1.165, 1.54) is 10.6 Å². The van der Waals surface area contributed by atoms with Crippen LogP contribution in [0.3, 0.4) is 0 Å². The molecule has 0 unspecified atom stereocenters. The van der Waals surface area contributed by atoms with E-state index in [0.29, 0.717) is 5.88 Å². The third-order valence-electron chi connectivity index (χ3n) is 1.28. The van der Waals surface area contributed by atoms with Crippen molar-refractivity contribution in [1.29, 1.82) is 0 Å². The van der Waals surface area contributed by atoms with E-state index >= 15 is 0 Å². The molecule has 0 saturated carbocycles. The van der Waals surface area contributed by atoms with Crippen LogP contribution < -0.4 is 0 Å². The third-order valence-corrected chi connectivity index (χ3v) is 5.74. The Morgan fingerprint density at radius 3 is 2.75 bits per heavy atom. The van der Waals surface area contributed by atoms with E-state index in [2.05, 4.69) is 31.7 Å². The van der Waals surface area contributed by atoms with Gasteiger partial charge in [-0.25, -0.2) is 0 Å². The Labute approximate surface area is 91.7 Å². The first-order valence-electron chi connectivity index (χ1n) is 4.11. The van der Waals surface area contributed by atoms with Crippen LogP contribution in [0.4, 0.5) is 0 Å². The first kappa shape index (κ1) is 12.4. The topological polar surface area (TPSA) is 0 Å². The molecule has 66 valence electrons. The van der Waals surface area contributed by atoms with E-state index < -0.39 is 0 Å². The summed E-state index contributed by atoms with van der Waals surface area (Å²) in [7, 11) is 0. The minimum absolute atomic E-state index is 0.238. The summed E-state index contributed by atoms with van der Waals surface area (Å²) < 4.78 is 3.26. The van der Waals surface area contributed by atoms with Gasteiger partial charge < -0.3 is 0 Å². The van der Waals surface area contributed by atoms with Gasteiger partial charge in [0.05, 0.1) is 0 Å². The SMILES string of the molecule is C=CCCl.C[CH2][Hf][C]1=CC=CC1. The van der Waals surface area contributed by atoms with Crippen molar-refractivity contribution in [2.75, 3.05) is 5.88 Å². The van der Waals surface area contributed by atoms with Gasteiger partial charge in [0.15, 0.2) is 0 Å². The fourth-order valence-corrected chi connectivity index (χ4v) is 4.15. The molecular weight excluding hydrogens is 334 g/mol. The van der Waals surface area contributed by atoms with Crippen molar-refractivity contribution < 1.29 is 22.9 Å². The Kier molecular flexibility index (Phi) is 9.77. The molecule has 0 bridgehead atoms. The third kappa shape index (κ3) is 7.05. The second-order valence-corrected chi connectivity index (χ2v) is 8.72. The molecule has 1 rings (SSSR count). The van der Waals surface area contributed by atoms with E-state index in [-0.39, 0.29) is 22.9 Å². The second-order valence-electron chi connectivity index (χ2n) is 2.30. The van der Waals surface area contributed by atoms with Gasteiger partial charge in [0.1, 0.15) is 0 Å². The molecule has 0 N–H and O–H groups in total. The van der Waals surface area contributed by atoms with Gasteiger partial charge in [0.25, 0.3) is 0 Å². The summed E-state index contributed by atoms with van der Waals surface area (Å²) >= 11 is 4.83. The van der Waals surface area contributed by atoms with Gasteiger partial charge in [-0.1, -0.05) is 6.08 Å². The first-order valence-corrected chi connectivity index (χ1v) is 8.98. The molecule has 0 fully saturated rings. The average molecular weight is 349 g/mol. The predicted octanol–water partition coefficient (Wildman–Crippen LogP) is 3.76. The zero-order chi connectivity index (χ0) is 9.23. The van der Waals surface area contributed by atoms with E-state index in [1.807, 2.05) is 0 Å². The van der Waals surface area contributed by atoms with Crippen molar-refractivity contribution in [3.63, 3.8) is 0 Å². The van der Waals surface area contributed by atoms with Crippen molar-refractivity contribution in [1.82, 2.24) is 0 Å². The molecule has 0 aromatic heterocycles. The number of halogens is 1. The summed E-state index contributed by atoms with van der Waals surface area (Å²) in [4.78, 5) is 0. The van der Waals surface area contributed by atoms with Crippen molar-refractivity contribution in [3.8, 4) is 0 Å². The minimum atomic E-state index is -0.238. The van der Waals surface area contributed by atoms with Crippen LogP contribution in [0.2, 0.25) is 4.18 Å². The van der Waals surface area contributed by atoms with Crippen molar-refractivity contribution in [3.05, 3.63) is 34.2 Å². The van der Waals surface area contributed by atoms with Gasteiger partial charge in [0.2, 0.25) is 0 Å². The standard InChI is InChI=1S/C5H5.C3H5Cl.C2H5.Hf/c1-2-4-5-3-1;1-2-3-4;1-2;/h1-3H,4H2;2H,1,3H2;1H2,2H3;. The normalized spacial score (nSPS) is 13.0. The van der Waals surface area contributed by atoms with Crippen LogP contribution in [0.1, 0.15) is 13.3 Å². The monoisotopic (exact) mass is 350 g/mol. The van der Waals surface area contributed by atoms with Crippen LogP contribution >= 0.6 is 11.6 Å². The molecule has 0 saturated heterocycles. The van der Waals surface area contributed by atoms with Crippen molar-refractivity contribution in [2.45, 2.75) is 17.5 Å². The quantitative estimate of drug-likeness (QED) is 0.414. The molecule has 0 nitrogen and oxygen atoms in total. The Balaban J connectivity index is 0.000000261. The van der Waals surface area contributed by atoms with Gasteiger partial charge >= 0.3 is 62.0 Å². The molecule has 0 heterocycles. The van der Waals surface area contributed by atoms with Gasteiger partial charge in [-0.2, -0.15) is 0 Å². The molecule has 0 atom stereocenters. The van der Waals surface area contributed by atoms with Crippen LogP contribution in [0.25, 0.3) is 0 Å². The number of hydrogen-bond acceptors (Lipinski definition) is 0. The molecule has 0 spiro atoms. The molecular formula is C10H15ClHf. The zero-order valence-corrected chi connectivity index (χ0v) is 11.9. The molecule has 0 aromatic carbocycles. The summed E-state index contributed by atoms with van der Waals surface area (Å²) in [5, 5.41) is 0. The summed E-state index contributed by atoms with van der Waals surface area (Å²) in [5.41, 5.74) is 0. The number of hydrogen-bond donors (Lipinski definition) is 0. The van der Waals surface area contributed by atoms with E-state index in [9.17, 15) is 0 Å². The predicted molar refractivity (Wildman–Crippen MR) is 53.2 cm³/mol. The summed E-state index contributed by atoms with van der Waals surface area (Å²) in [6, 6.07) is 0. The van der Waals surface area contributed by atoms with Crippen LogP contribution in [-0.2, 0) is 22.9 Å².